The molecule has 7 nitrogen and oxygen atoms in total. The van der Waals surface area contributed by atoms with Gasteiger partial charge < -0.3 is 9.64 Å². The lowest BCUT2D eigenvalue weighted by Crippen LogP contribution is -2.48. The Hall–Kier alpha value is -1.26. The van der Waals surface area contributed by atoms with E-state index in [9.17, 15) is 8.42 Å². The van der Waals surface area contributed by atoms with Crippen LogP contribution in [-0.2, 0) is 21.2 Å². The molecule has 0 radical (unpaired) electrons. The molecule has 1 aliphatic heterocycles. The number of hydrogen-bond donors (Lipinski definition) is 0. The van der Waals surface area contributed by atoms with Gasteiger partial charge in [-0.3, -0.25) is 0 Å². The molecule has 0 N–H and O–H groups in total. The maximum atomic E-state index is 12.8. The fraction of sp³-hybridized carbons (Fsp3) is 0.467. The molecular weight excluding hydrogens is 384 g/mol. The molecule has 2 heterocycles. The summed E-state index contributed by atoms with van der Waals surface area (Å²) in [5.41, 5.74) is 0. The van der Waals surface area contributed by atoms with Gasteiger partial charge in [0.25, 0.3) is 0 Å². The summed E-state index contributed by atoms with van der Waals surface area (Å²) in [6, 6.07) is 6.53. The molecule has 10 heteroatoms. The molecule has 0 bridgehead atoms. The molecule has 0 unspecified atom stereocenters. The van der Waals surface area contributed by atoms with Gasteiger partial charge >= 0.3 is 0 Å². The summed E-state index contributed by atoms with van der Waals surface area (Å²) in [7, 11) is -1.93. The van der Waals surface area contributed by atoms with Crippen LogP contribution < -0.4 is 4.90 Å². The molecule has 0 atom stereocenters. The lowest BCUT2D eigenvalue weighted by atomic mass is 10.4. The van der Waals surface area contributed by atoms with Crippen molar-refractivity contribution < 1.29 is 13.2 Å². The number of ether oxygens (including phenoxy) is 1. The zero-order valence-electron chi connectivity index (χ0n) is 13.8. The third-order valence-corrected chi connectivity index (χ3v) is 7.16. The summed E-state index contributed by atoms with van der Waals surface area (Å²) in [4.78, 5) is 6.71. The van der Waals surface area contributed by atoms with Gasteiger partial charge in [0.2, 0.25) is 15.2 Å². The maximum absolute atomic E-state index is 12.8. The number of methoxy groups -OCH3 is 1. The Morgan fingerprint density at radius 1 is 1.24 bits per heavy atom. The second-order valence-electron chi connectivity index (χ2n) is 5.56. The van der Waals surface area contributed by atoms with Gasteiger partial charge in [0, 0.05) is 51.2 Å². The second kappa shape index (κ2) is 7.96. The van der Waals surface area contributed by atoms with Gasteiger partial charge in [-0.1, -0.05) is 23.7 Å². The van der Waals surface area contributed by atoms with Crippen molar-refractivity contribution in [1.29, 1.82) is 0 Å². The molecular formula is C15H19ClN4O3S2. The highest BCUT2D eigenvalue weighted by Gasteiger charge is 2.30. The Bertz CT molecular complexity index is 820. The van der Waals surface area contributed by atoms with Gasteiger partial charge in [0.05, 0.1) is 11.6 Å². The van der Waals surface area contributed by atoms with Crippen molar-refractivity contribution >= 4 is 38.3 Å². The van der Waals surface area contributed by atoms with E-state index in [-0.39, 0.29) is 9.92 Å². The van der Waals surface area contributed by atoms with E-state index in [1.807, 2.05) is 0 Å². The first-order chi connectivity index (χ1) is 12.0. The van der Waals surface area contributed by atoms with E-state index < -0.39 is 10.0 Å². The minimum absolute atomic E-state index is 0.155. The van der Waals surface area contributed by atoms with Gasteiger partial charge in [0.15, 0.2) is 0 Å². The van der Waals surface area contributed by atoms with Crippen LogP contribution in [0.4, 0.5) is 5.13 Å². The highest BCUT2D eigenvalue weighted by molar-refractivity contribution is 7.89. The number of benzene rings is 1. The molecule has 2 aromatic rings. The third kappa shape index (κ3) is 4.12. The van der Waals surface area contributed by atoms with Gasteiger partial charge in [-0.05, 0) is 12.1 Å². The van der Waals surface area contributed by atoms with E-state index in [1.54, 1.807) is 25.3 Å². The summed E-state index contributed by atoms with van der Waals surface area (Å²) in [6.45, 7) is 2.51. The fourth-order valence-electron chi connectivity index (χ4n) is 2.58. The Balaban J connectivity index is 1.65. The van der Waals surface area contributed by atoms with Crippen molar-refractivity contribution in [2.75, 3.05) is 44.8 Å². The summed E-state index contributed by atoms with van der Waals surface area (Å²) < 4.78 is 36.3. The fourth-order valence-corrected chi connectivity index (χ4v) is 5.26. The van der Waals surface area contributed by atoms with E-state index in [0.29, 0.717) is 39.2 Å². The second-order valence-corrected chi connectivity index (χ2v) is 8.60. The molecule has 1 saturated heterocycles. The first kappa shape index (κ1) is 18.5. The average Bonchev–Trinajstić information content (AvgIpc) is 3.09. The number of piperazine rings is 1. The quantitative estimate of drug-likeness (QED) is 0.734. The predicted molar refractivity (Wildman–Crippen MR) is 97.9 cm³/mol. The number of anilines is 1. The first-order valence-corrected chi connectivity index (χ1v) is 10.4. The van der Waals surface area contributed by atoms with Crippen molar-refractivity contribution in [3.05, 3.63) is 35.1 Å². The minimum atomic E-state index is -3.58. The lowest BCUT2D eigenvalue weighted by Gasteiger charge is -2.33. The van der Waals surface area contributed by atoms with Gasteiger partial charge in [-0.15, -0.1) is 0 Å². The van der Waals surface area contributed by atoms with Crippen LogP contribution in [-0.4, -0.2) is 62.0 Å². The maximum Gasteiger partial charge on any atom is 0.244 e. The molecule has 1 aromatic heterocycles. The molecule has 3 rings (SSSR count). The summed E-state index contributed by atoms with van der Waals surface area (Å²) >= 11 is 7.39. The first-order valence-electron chi connectivity index (χ1n) is 7.83. The van der Waals surface area contributed by atoms with Crippen molar-refractivity contribution in [2.24, 2.45) is 0 Å². The highest BCUT2D eigenvalue weighted by Crippen LogP contribution is 2.26. The zero-order chi connectivity index (χ0) is 17.9. The molecule has 0 aliphatic carbocycles. The van der Waals surface area contributed by atoms with Gasteiger partial charge in [-0.2, -0.15) is 8.68 Å². The predicted octanol–water partition coefficient (Wildman–Crippen LogP) is 1.89. The van der Waals surface area contributed by atoms with Crippen LogP contribution >= 0.6 is 23.1 Å². The van der Waals surface area contributed by atoms with Crippen molar-refractivity contribution in [3.8, 4) is 0 Å². The Kier molecular flexibility index (Phi) is 5.90. The monoisotopic (exact) mass is 402 g/mol. The molecule has 25 heavy (non-hydrogen) atoms. The molecule has 136 valence electrons. The average molecular weight is 403 g/mol. The molecule has 1 aromatic carbocycles. The SMILES string of the molecule is COCCc1nsc(N2CCN(S(=O)(=O)c3ccccc3Cl)CC2)n1. The number of hydrogen-bond acceptors (Lipinski definition) is 7. The molecule has 1 fully saturated rings. The van der Waals surface area contributed by atoms with Crippen molar-refractivity contribution in [1.82, 2.24) is 13.7 Å². The van der Waals surface area contributed by atoms with Gasteiger partial charge in [0.1, 0.15) is 10.7 Å². The number of halogens is 1. The van der Waals surface area contributed by atoms with E-state index >= 15 is 0 Å². The number of sulfonamides is 1. The largest absolute Gasteiger partial charge is 0.384 e. The summed E-state index contributed by atoms with van der Waals surface area (Å²) in [6.07, 6.45) is 0.674. The molecule has 0 spiro atoms. The van der Waals surface area contributed by atoms with E-state index in [4.69, 9.17) is 16.3 Å². The van der Waals surface area contributed by atoms with Crippen molar-refractivity contribution in [2.45, 2.75) is 11.3 Å². The van der Waals surface area contributed by atoms with Crippen LogP contribution in [0.3, 0.4) is 0 Å². The number of rotatable bonds is 6. The van der Waals surface area contributed by atoms with Gasteiger partial charge in [-0.25, -0.2) is 13.4 Å². The highest BCUT2D eigenvalue weighted by atomic mass is 35.5. The van der Waals surface area contributed by atoms with E-state index in [1.165, 1.54) is 21.9 Å². The Morgan fingerprint density at radius 3 is 2.64 bits per heavy atom. The van der Waals surface area contributed by atoms with Crippen LogP contribution in [0.5, 0.6) is 0 Å². The van der Waals surface area contributed by atoms with Crippen LogP contribution in [0.1, 0.15) is 5.82 Å². The standard InChI is InChI=1S/C15H19ClN4O3S2/c1-23-11-6-14-17-15(24-18-14)19-7-9-20(10-8-19)25(21,22)13-5-3-2-4-12(13)16/h2-5H,6-11H2,1H3. The van der Waals surface area contributed by atoms with Crippen molar-refractivity contribution in [3.63, 3.8) is 0 Å². The molecule has 0 saturated carbocycles. The van der Waals surface area contributed by atoms with Crippen LogP contribution in [0, 0.1) is 0 Å². The normalized spacial score (nSPS) is 16.3. The van der Waals surface area contributed by atoms with Crippen LogP contribution in [0.15, 0.2) is 29.2 Å². The lowest BCUT2D eigenvalue weighted by molar-refractivity contribution is 0.201. The number of nitrogens with zero attached hydrogens (tertiary/aromatic N) is 4. The summed E-state index contributed by atoms with van der Waals surface area (Å²) in [5, 5.41) is 1.07. The van der Waals surface area contributed by atoms with Crippen LogP contribution in [0.2, 0.25) is 5.02 Å². The third-order valence-electron chi connectivity index (χ3n) is 3.95. The Morgan fingerprint density at radius 2 is 1.96 bits per heavy atom. The topological polar surface area (TPSA) is 75.6 Å². The number of aromatic nitrogens is 2. The molecule has 1 aliphatic rings. The Labute approximate surface area is 156 Å². The van der Waals surface area contributed by atoms with Crippen LogP contribution in [0.25, 0.3) is 0 Å². The van der Waals surface area contributed by atoms with E-state index in [2.05, 4.69) is 14.3 Å². The minimum Gasteiger partial charge on any atom is -0.384 e. The molecule has 0 amide bonds. The van der Waals surface area contributed by atoms with E-state index in [0.717, 1.165) is 11.0 Å². The smallest absolute Gasteiger partial charge is 0.244 e. The summed E-state index contributed by atoms with van der Waals surface area (Å²) in [5.74, 6) is 0.757. The zero-order valence-corrected chi connectivity index (χ0v) is 16.1.